The lowest BCUT2D eigenvalue weighted by atomic mass is 10.1. The zero-order valence-electron chi connectivity index (χ0n) is 14.2. The number of hydrogen-bond donors (Lipinski definition) is 2. The van der Waals surface area contributed by atoms with Crippen molar-refractivity contribution in [2.45, 2.75) is 19.8 Å². The summed E-state index contributed by atoms with van der Waals surface area (Å²) in [6, 6.07) is 12.9. The first-order valence-corrected chi connectivity index (χ1v) is 8.50. The monoisotopic (exact) mass is 373 g/mol. The number of amides is 1. The van der Waals surface area contributed by atoms with Crippen LogP contribution in [0.4, 0.5) is 11.4 Å². The summed E-state index contributed by atoms with van der Waals surface area (Å²) < 4.78 is 5.62. The number of rotatable bonds is 7. The van der Waals surface area contributed by atoms with Crippen LogP contribution in [-0.2, 0) is 0 Å². The molecule has 8 heteroatoms. The maximum atomic E-state index is 12.2. The van der Waals surface area contributed by atoms with E-state index in [-0.39, 0.29) is 16.4 Å². The van der Waals surface area contributed by atoms with Crippen molar-refractivity contribution in [2.24, 2.45) is 0 Å². The van der Waals surface area contributed by atoms with Gasteiger partial charge in [-0.1, -0.05) is 31.5 Å². The number of carbonyl (C=O) groups excluding carboxylic acids is 1. The Balaban J connectivity index is 1.99. The first kappa shape index (κ1) is 19.3. The van der Waals surface area contributed by atoms with Gasteiger partial charge in [-0.15, -0.1) is 0 Å². The molecule has 0 unspecified atom stereocenters. The fourth-order valence-corrected chi connectivity index (χ4v) is 2.37. The molecule has 7 nitrogen and oxygen atoms in total. The van der Waals surface area contributed by atoms with Gasteiger partial charge in [0.05, 0.1) is 11.5 Å². The van der Waals surface area contributed by atoms with Gasteiger partial charge in [-0.3, -0.25) is 20.2 Å². The molecule has 0 aliphatic rings. The van der Waals surface area contributed by atoms with Gasteiger partial charge in [0, 0.05) is 17.8 Å². The van der Waals surface area contributed by atoms with Gasteiger partial charge in [-0.05, 0) is 36.8 Å². The summed E-state index contributed by atoms with van der Waals surface area (Å²) in [6.07, 6.45) is 2.00. The number of para-hydroxylation sites is 1. The highest BCUT2D eigenvalue weighted by Crippen LogP contribution is 2.19. The zero-order chi connectivity index (χ0) is 18.9. The second kappa shape index (κ2) is 9.47. The van der Waals surface area contributed by atoms with Crippen LogP contribution in [0.25, 0.3) is 0 Å². The van der Waals surface area contributed by atoms with E-state index in [4.69, 9.17) is 17.0 Å². The molecule has 0 atom stereocenters. The average Bonchev–Trinajstić information content (AvgIpc) is 2.62. The van der Waals surface area contributed by atoms with Gasteiger partial charge in [0.2, 0.25) is 0 Å². The fourth-order valence-electron chi connectivity index (χ4n) is 2.16. The van der Waals surface area contributed by atoms with Crippen LogP contribution in [0.3, 0.4) is 0 Å². The van der Waals surface area contributed by atoms with Crippen LogP contribution >= 0.6 is 12.2 Å². The van der Waals surface area contributed by atoms with Crippen molar-refractivity contribution in [3.63, 3.8) is 0 Å². The van der Waals surface area contributed by atoms with E-state index in [1.54, 1.807) is 24.3 Å². The molecule has 0 bridgehead atoms. The molecule has 0 aliphatic heterocycles. The van der Waals surface area contributed by atoms with Gasteiger partial charge in [0.1, 0.15) is 11.3 Å². The molecule has 2 aromatic rings. The second-order valence-electron chi connectivity index (χ2n) is 5.41. The zero-order valence-corrected chi connectivity index (χ0v) is 15.0. The molecule has 2 aromatic carbocycles. The highest BCUT2D eigenvalue weighted by Gasteiger charge is 2.19. The highest BCUT2D eigenvalue weighted by molar-refractivity contribution is 7.80. The molecular formula is C18H19N3O4S. The molecule has 1 amide bonds. The minimum atomic E-state index is -0.648. The molecule has 0 aromatic heterocycles. The number of carbonyl (C=O) groups is 1. The van der Waals surface area contributed by atoms with E-state index < -0.39 is 10.8 Å². The molecule has 0 heterocycles. The van der Waals surface area contributed by atoms with Crippen molar-refractivity contribution in [3.8, 4) is 5.75 Å². The van der Waals surface area contributed by atoms with Gasteiger partial charge in [0.15, 0.2) is 5.11 Å². The Labute approximate surface area is 156 Å². The summed E-state index contributed by atoms with van der Waals surface area (Å²) in [5, 5.41) is 16.4. The first-order chi connectivity index (χ1) is 12.5. The van der Waals surface area contributed by atoms with Crippen molar-refractivity contribution in [2.75, 3.05) is 11.9 Å². The topological polar surface area (TPSA) is 93.5 Å². The van der Waals surface area contributed by atoms with Gasteiger partial charge >= 0.3 is 0 Å². The molecule has 136 valence electrons. The maximum absolute atomic E-state index is 12.2. The SMILES string of the molecule is CCCCOc1cccc(NC(=S)NC(=O)c2ccccc2[N+](=O)[O-])c1. The Hall–Kier alpha value is -3.00. The fraction of sp³-hybridized carbons (Fsp3) is 0.222. The second-order valence-corrected chi connectivity index (χ2v) is 5.82. The lowest BCUT2D eigenvalue weighted by Crippen LogP contribution is -2.34. The summed E-state index contributed by atoms with van der Waals surface area (Å²) in [5.74, 6) is 0.0430. The third-order valence-electron chi connectivity index (χ3n) is 3.43. The van der Waals surface area contributed by atoms with E-state index in [9.17, 15) is 14.9 Å². The normalized spacial score (nSPS) is 10.0. The number of nitro benzene ring substituents is 1. The van der Waals surface area contributed by atoms with Crippen LogP contribution in [0.15, 0.2) is 48.5 Å². The van der Waals surface area contributed by atoms with Crippen LogP contribution in [-0.4, -0.2) is 22.5 Å². The van der Waals surface area contributed by atoms with E-state index in [0.717, 1.165) is 12.8 Å². The predicted octanol–water partition coefficient (Wildman–Crippen LogP) is 3.90. The Kier molecular flexibility index (Phi) is 7.04. The molecule has 0 saturated heterocycles. The third kappa shape index (κ3) is 5.52. The number of unbranched alkanes of at least 4 members (excludes halogenated alkanes) is 1. The Morgan fingerprint density at radius 3 is 2.73 bits per heavy atom. The van der Waals surface area contributed by atoms with Gasteiger partial charge in [-0.25, -0.2) is 0 Å². The lowest BCUT2D eigenvalue weighted by Gasteiger charge is -2.11. The smallest absolute Gasteiger partial charge is 0.282 e. The number of nitrogens with one attached hydrogen (secondary N) is 2. The Morgan fingerprint density at radius 2 is 2.00 bits per heavy atom. The summed E-state index contributed by atoms with van der Waals surface area (Å²) in [5.41, 5.74) is 0.310. The van der Waals surface area contributed by atoms with Crippen LogP contribution in [0.5, 0.6) is 5.75 Å². The molecule has 0 radical (unpaired) electrons. The van der Waals surface area contributed by atoms with E-state index in [0.29, 0.717) is 18.0 Å². The minimum Gasteiger partial charge on any atom is -0.494 e. The van der Waals surface area contributed by atoms with Gasteiger partial charge in [0.25, 0.3) is 11.6 Å². The minimum absolute atomic E-state index is 0.0406. The molecule has 0 saturated carbocycles. The highest BCUT2D eigenvalue weighted by atomic mass is 32.1. The largest absolute Gasteiger partial charge is 0.494 e. The molecule has 2 N–H and O–H groups in total. The summed E-state index contributed by atoms with van der Waals surface area (Å²) in [6.45, 7) is 2.71. The predicted molar refractivity (Wildman–Crippen MR) is 104 cm³/mol. The van der Waals surface area contributed by atoms with E-state index in [1.165, 1.54) is 18.2 Å². The molecule has 0 fully saturated rings. The number of anilines is 1. The number of nitro groups is 1. The number of nitrogens with zero attached hydrogens (tertiary/aromatic N) is 1. The van der Waals surface area contributed by atoms with Crippen molar-refractivity contribution >= 4 is 34.6 Å². The average molecular weight is 373 g/mol. The summed E-state index contributed by atoms with van der Waals surface area (Å²) in [7, 11) is 0. The molecule has 0 spiro atoms. The number of thiocarbonyl (C=S) groups is 1. The third-order valence-corrected chi connectivity index (χ3v) is 3.64. The lowest BCUT2D eigenvalue weighted by molar-refractivity contribution is -0.385. The quantitative estimate of drug-likeness (QED) is 0.331. The van der Waals surface area contributed by atoms with Crippen molar-refractivity contribution in [1.82, 2.24) is 5.32 Å². The molecule has 26 heavy (non-hydrogen) atoms. The Morgan fingerprint density at radius 1 is 1.23 bits per heavy atom. The van der Waals surface area contributed by atoms with Gasteiger partial charge < -0.3 is 10.1 Å². The van der Waals surface area contributed by atoms with E-state index in [1.807, 2.05) is 6.07 Å². The molecular weight excluding hydrogens is 354 g/mol. The van der Waals surface area contributed by atoms with Crippen LogP contribution in [0.1, 0.15) is 30.1 Å². The number of benzene rings is 2. The van der Waals surface area contributed by atoms with Crippen LogP contribution in [0.2, 0.25) is 0 Å². The van der Waals surface area contributed by atoms with E-state index >= 15 is 0 Å². The van der Waals surface area contributed by atoms with Crippen LogP contribution in [0, 0.1) is 10.1 Å². The molecule has 0 aliphatic carbocycles. The summed E-state index contributed by atoms with van der Waals surface area (Å²) in [4.78, 5) is 22.6. The maximum Gasteiger partial charge on any atom is 0.282 e. The van der Waals surface area contributed by atoms with Crippen molar-refractivity contribution in [3.05, 3.63) is 64.2 Å². The Bertz CT molecular complexity index is 811. The van der Waals surface area contributed by atoms with Crippen molar-refractivity contribution < 1.29 is 14.5 Å². The standard InChI is InChI=1S/C18H19N3O4S/c1-2-3-11-25-14-8-6-7-13(12-14)19-18(26)20-17(22)15-9-4-5-10-16(15)21(23)24/h4-10,12H,2-3,11H2,1H3,(H2,19,20,22,26). The summed E-state index contributed by atoms with van der Waals surface area (Å²) >= 11 is 5.12. The van der Waals surface area contributed by atoms with Crippen LogP contribution < -0.4 is 15.4 Å². The number of hydrogen-bond acceptors (Lipinski definition) is 5. The molecule has 2 rings (SSSR count). The van der Waals surface area contributed by atoms with Gasteiger partial charge in [-0.2, -0.15) is 0 Å². The van der Waals surface area contributed by atoms with E-state index in [2.05, 4.69) is 17.6 Å². The number of ether oxygens (including phenoxy) is 1. The van der Waals surface area contributed by atoms with Crippen molar-refractivity contribution in [1.29, 1.82) is 0 Å². The first-order valence-electron chi connectivity index (χ1n) is 8.10.